The number of aryl methyl sites for hydroxylation is 1. The first-order valence-electron chi connectivity index (χ1n) is 11.5. The summed E-state index contributed by atoms with van der Waals surface area (Å²) in [6.45, 7) is 0. The third-order valence-corrected chi connectivity index (χ3v) is 8.74. The number of nitrogen functional groups attached to an aromatic ring is 1. The number of carboxylic acid groups (broad SMARTS) is 1. The second-order valence-corrected chi connectivity index (χ2v) is 11.3. The number of hydrogen-bond acceptors (Lipinski definition) is 14. The minimum Gasteiger partial charge on any atom is -0.477 e. The van der Waals surface area contributed by atoms with E-state index in [4.69, 9.17) is 10.6 Å². The Bertz CT molecular complexity index is 1620. The van der Waals surface area contributed by atoms with Gasteiger partial charge in [0.05, 0.1) is 5.56 Å². The van der Waals surface area contributed by atoms with Gasteiger partial charge in [0, 0.05) is 30.1 Å². The lowest BCUT2D eigenvalue weighted by Gasteiger charge is -2.49. The Morgan fingerprint density at radius 1 is 1.36 bits per heavy atom. The Labute approximate surface area is 245 Å². The summed E-state index contributed by atoms with van der Waals surface area (Å²) in [4.78, 5) is 48.5. The number of benzene rings is 1. The van der Waals surface area contributed by atoms with Gasteiger partial charge >= 0.3 is 12.1 Å². The molecule has 42 heavy (non-hydrogen) atoms. The van der Waals surface area contributed by atoms with Crippen LogP contribution in [-0.4, -0.2) is 86.0 Å². The average Bonchev–Trinajstić information content (AvgIpc) is 3.57. The van der Waals surface area contributed by atoms with Crippen molar-refractivity contribution in [1.29, 1.82) is 0 Å². The number of nitrogens with two attached hydrogens (primary N) is 1. The summed E-state index contributed by atoms with van der Waals surface area (Å²) in [7, 11) is 1.63. The molecular formula is C21H17F3N10O5S3. The maximum atomic E-state index is 13.2. The average molecular weight is 643 g/mol. The molecule has 21 heteroatoms. The van der Waals surface area contributed by atoms with E-state index in [1.807, 2.05) is 0 Å². The number of alkyl halides is 3. The van der Waals surface area contributed by atoms with Gasteiger partial charge in [-0.05, 0) is 34.2 Å². The number of carbonyl (C=O) groups excluding carboxylic acids is 2. The van der Waals surface area contributed by atoms with Crippen molar-refractivity contribution in [3.8, 4) is 5.75 Å². The van der Waals surface area contributed by atoms with E-state index in [9.17, 15) is 32.7 Å². The van der Waals surface area contributed by atoms with Crippen molar-refractivity contribution in [3.05, 3.63) is 46.9 Å². The highest BCUT2D eigenvalue weighted by atomic mass is 32.2. The number of anilines is 1. The Morgan fingerprint density at radius 2 is 2.14 bits per heavy atom. The number of halogens is 3. The molecule has 2 amide bonds. The maximum absolute atomic E-state index is 13.2. The zero-order chi connectivity index (χ0) is 30.2. The van der Waals surface area contributed by atoms with Crippen molar-refractivity contribution in [1.82, 2.24) is 39.8 Å². The Kier molecular flexibility index (Phi) is 8.06. The molecule has 4 heterocycles. The molecule has 0 spiro atoms. The van der Waals surface area contributed by atoms with Gasteiger partial charge in [0.1, 0.15) is 17.1 Å². The molecular weight excluding hydrogens is 625 g/mol. The molecule has 3 aromatic rings. The van der Waals surface area contributed by atoms with Gasteiger partial charge in [-0.2, -0.15) is 22.5 Å². The van der Waals surface area contributed by atoms with Crippen molar-refractivity contribution in [2.45, 2.75) is 22.7 Å². The fourth-order valence-corrected chi connectivity index (χ4v) is 6.61. The SMILES string of the molecule is Cn1nnnc1SCC1=C(C(=O)O)N2C(=O)C(NC(=O)C(=NOc3cccc(C(F)(F)F)c3)c3nsc(N)n3)[C@H]2SC1. The van der Waals surface area contributed by atoms with E-state index in [1.165, 1.54) is 34.3 Å². The number of carboxylic acids is 1. The van der Waals surface area contributed by atoms with E-state index in [0.717, 1.165) is 28.6 Å². The van der Waals surface area contributed by atoms with Crippen LogP contribution < -0.4 is 15.9 Å². The predicted octanol–water partition coefficient (Wildman–Crippen LogP) is 0.977. The molecule has 220 valence electrons. The normalized spacial score (nSPS) is 18.9. The highest BCUT2D eigenvalue weighted by molar-refractivity contribution is 8.01. The third kappa shape index (κ3) is 5.87. The molecule has 1 unspecified atom stereocenters. The minimum atomic E-state index is -4.64. The number of rotatable bonds is 9. The van der Waals surface area contributed by atoms with Gasteiger partial charge in [0.25, 0.3) is 11.8 Å². The molecule has 15 nitrogen and oxygen atoms in total. The van der Waals surface area contributed by atoms with Gasteiger partial charge in [-0.25, -0.2) is 9.48 Å². The van der Waals surface area contributed by atoms with Gasteiger partial charge in [0.15, 0.2) is 10.9 Å². The molecule has 2 atom stereocenters. The Hall–Kier alpha value is -4.24. The first-order chi connectivity index (χ1) is 19.9. The first-order valence-corrected chi connectivity index (χ1v) is 14.3. The van der Waals surface area contributed by atoms with Crippen LogP contribution in [0, 0.1) is 0 Å². The van der Waals surface area contributed by atoms with E-state index in [0.29, 0.717) is 16.8 Å². The lowest BCUT2D eigenvalue weighted by atomic mass is 10.0. The summed E-state index contributed by atoms with van der Waals surface area (Å²) in [5, 5.41) is 26.8. The van der Waals surface area contributed by atoms with Crippen LogP contribution in [0.5, 0.6) is 5.75 Å². The van der Waals surface area contributed by atoms with E-state index >= 15 is 0 Å². The van der Waals surface area contributed by atoms with Crippen LogP contribution in [0.2, 0.25) is 0 Å². The van der Waals surface area contributed by atoms with Gasteiger partial charge in [-0.1, -0.05) is 23.0 Å². The summed E-state index contributed by atoms with van der Waals surface area (Å²) in [6.07, 6.45) is -4.64. The minimum absolute atomic E-state index is 0.0305. The molecule has 1 fully saturated rings. The molecule has 0 bridgehead atoms. The Balaban J connectivity index is 1.34. The largest absolute Gasteiger partial charge is 0.477 e. The molecule has 2 aliphatic rings. The zero-order valence-electron chi connectivity index (χ0n) is 21.0. The number of carbonyl (C=O) groups is 3. The number of amides is 2. The highest BCUT2D eigenvalue weighted by Crippen LogP contribution is 2.41. The molecule has 1 aromatic carbocycles. The third-order valence-electron chi connectivity index (χ3n) is 5.77. The van der Waals surface area contributed by atoms with Gasteiger partial charge in [-0.3, -0.25) is 14.5 Å². The zero-order valence-corrected chi connectivity index (χ0v) is 23.4. The van der Waals surface area contributed by atoms with Crippen LogP contribution in [0.15, 0.2) is 45.8 Å². The van der Waals surface area contributed by atoms with E-state index in [2.05, 4.69) is 35.4 Å². The number of nitrogens with one attached hydrogen (secondary N) is 1. The van der Waals surface area contributed by atoms with Crippen molar-refractivity contribution in [2.24, 2.45) is 12.2 Å². The number of oxime groups is 1. The summed E-state index contributed by atoms with van der Waals surface area (Å²) in [5.74, 6) is -3.16. The molecule has 0 saturated carbocycles. The standard InChI is InChI=1S/C21H17F3N10O5S3/c1-33-20(28-31-32-33)41-7-8-6-40-17-12(16(36)34(17)13(8)18(37)38)26-15(35)11(14-27-19(25)42-30-14)29-39-10-4-2-3-9(5-10)21(22,23)24/h2-5,12,17H,6-7H2,1H3,(H,26,35)(H,37,38)(H2,25,27,30)/t12?,17-/m1/s1. The van der Waals surface area contributed by atoms with Crippen LogP contribution in [0.25, 0.3) is 0 Å². The fourth-order valence-electron chi connectivity index (χ4n) is 3.84. The maximum Gasteiger partial charge on any atom is 0.416 e. The molecule has 5 rings (SSSR count). The molecule has 0 aliphatic carbocycles. The molecule has 4 N–H and O–H groups in total. The first kappa shape index (κ1) is 29.3. The van der Waals surface area contributed by atoms with Crippen molar-refractivity contribution in [3.63, 3.8) is 0 Å². The number of aromatic nitrogens is 6. The van der Waals surface area contributed by atoms with Gasteiger partial charge in [-0.15, -0.1) is 16.9 Å². The monoisotopic (exact) mass is 642 g/mol. The van der Waals surface area contributed by atoms with Crippen LogP contribution in [0.3, 0.4) is 0 Å². The smallest absolute Gasteiger partial charge is 0.416 e. The van der Waals surface area contributed by atoms with Crippen LogP contribution in [0.4, 0.5) is 18.3 Å². The summed E-state index contributed by atoms with van der Waals surface area (Å²) in [6, 6.07) is 2.66. The molecule has 2 aliphatic heterocycles. The number of hydrogen-bond donors (Lipinski definition) is 3. The highest BCUT2D eigenvalue weighted by Gasteiger charge is 2.54. The number of tetrazole rings is 1. The van der Waals surface area contributed by atoms with Crippen molar-refractivity contribution < 1.29 is 37.5 Å². The molecule has 0 radical (unpaired) electrons. The second kappa shape index (κ2) is 11.6. The lowest BCUT2D eigenvalue weighted by molar-refractivity contribution is -0.150. The lowest BCUT2D eigenvalue weighted by Crippen LogP contribution is -2.71. The molecule has 1 saturated heterocycles. The van der Waals surface area contributed by atoms with Crippen LogP contribution in [0.1, 0.15) is 11.4 Å². The van der Waals surface area contributed by atoms with Gasteiger partial charge < -0.3 is 21.0 Å². The quantitative estimate of drug-likeness (QED) is 0.129. The van der Waals surface area contributed by atoms with Crippen LogP contribution >= 0.6 is 35.1 Å². The van der Waals surface area contributed by atoms with E-state index in [1.54, 1.807) is 7.05 Å². The van der Waals surface area contributed by atoms with Crippen molar-refractivity contribution >= 4 is 63.7 Å². The number of β-lactam (4-membered cyclic amide) rings is 1. The fraction of sp³-hybridized carbons (Fsp3) is 0.286. The number of thioether (sulfide) groups is 2. The van der Waals surface area contributed by atoms with E-state index < -0.39 is 46.7 Å². The predicted molar refractivity (Wildman–Crippen MR) is 142 cm³/mol. The summed E-state index contributed by atoms with van der Waals surface area (Å²) >= 11 is 3.16. The number of nitrogens with zero attached hydrogens (tertiary/aromatic N) is 8. The molecule has 2 aromatic heterocycles. The summed E-state index contributed by atoms with van der Waals surface area (Å²) in [5.41, 5.74) is 4.32. The Morgan fingerprint density at radius 3 is 2.79 bits per heavy atom. The number of aliphatic carboxylic acids is 1. The van der Waals surface area contributed by atoms with E-state index in [-0.39, 0.29) is 33.9 Å². The topological polar surface area (TPSA) is 204 Å². The second-order valence-electron chi connectivity index (χ2n) is 8.50. The van der Waals surface area contributed by atoms with Crippen molar-refractivity contribution in [2.75, 3.05) is 17.2 Å². The number of fused-ring (bicyclic) bond motifs is 1. The summed E-state index contributed by atoms with van der Waals surface area (Å²) < 4.78 is 44.5. The van der Waals surface area contributed by atoms with Crippen LogP contribution in [-0.2, 0) is 27.6 Å². The van der Waals surface area contributed by atoms with Gasteiger partial charge in [0.2, 0.25) is 16.7 Å².